The van der Waals surface area contributed by atoms with Crippen molar-refractivity contribution < 1.29 is 43.7 Å². The van der Waals surface area contributed by atoms with Gasteiger partial charge in [-0.25, -0.2) is 21.8 Å². The maximum atomic E-state index is 13.8. The summed E-state index contributed by atoms with van der Waals surface area (Å²) >= 11 is 0. The molecule has 2 N–H and O–H groups in total. The Kier molecular flexibility index (Phi) is 10.2. The summed E-state index contributed by atoms with van der Waals surface area (Å²) in [6, 6.07) is 3.57. The summed E-state index contributed by atoms with van der Waals surface area (Å²) in [5.74, 6) is -8.60. The first kappa shape index (κ1) is 30.7. The van der Waals surface area contributed by atoms with Gasteiger partial charge in [0.15, 0.2) is 0 Å². The summed E-state index contributed by atoms with van der Waals surface area (Å²) in [5.41, 5.74) is -3.33. The van der Waals surface area contributed by atoms with Crippen molar-refractivity contribution in [3.63, 3.8) is 0 Å². The van der Waals surface area contributed by atoms with Crippen LogP contribution in [0.25, 0.3) is 0 Å². The highest BCUT2D eigenvalue weighted by Gasteiger charge is 2.43. The third-order valence-corrected chi connectivity index (χ3v) is 5.89. The van der Waals surface area contributed by atoms with Gasteiger partial charge in [0.1, 0.15) is 11.6 Å². The molecule has 2 atom stereocenters. The molecule has 0 amide bonds. The lowest BCUT2D eigenvalue weighted by atomic mass is 9.86. The number of halogens is 9. The molecule has 0 bridgehead atoms. The zero-order chi connectivity index (χ0) is 27.4. The molecule has 0 aliphatic rings. The average Bonchev–Trinajstić information content (AvgIpc) is 2.71. The molecule has 0 fully saturated rings. The molecule has 0 saturated carbocycles. The minimum absolute atomic E-state index is 0.133. The van der Waals surface area contributed by atoms with Gasteiger partial charge >= 0.3 is 18.5 Å². The summed E-state index contributed by atoms with van der Waals surface area (Å²) in [6.07, 6.45) is -8.03. The molecule has 0 spiro atoms. The Morgan fingerprint density at radius 2 is 1.51 bits per heavy atom. The number of hydrogen-bond acceptors (Lipinski definition) is 1. The third kappa shape index (κ3) is 8.38. The molecule has 0 saturated heterocycles. The van der Waals surface area contributed by atoms with Gasteiger partial charge in [0, 0.05) is 11.5 Å². The lowest BCUT2D eigenvalue weighted by Crippen LogP contribution is -2.27. The Morgan fingerprint density at radius 3 is 1.94 bits per heavy atom. The molecule has 35 heavy (non-hydrogen) atoms. The predicted molar refractivity (Wildman–Crippen MR) is 116 cm³/mol. The second kappa shape index (κ2) is 11.6. The second-order valence-electron chi connectivity index (χ2n) is 8.42. The first-order valence-corrected chi connectivity index (χ1v) is 11.1. The van der Waals surface area contributed by atoms with E-state index in [0.29, 0.717) is 18.2 Å². The van der Waals surface area contributed by atoms with E-state index >= 15 is 0 Å². The summed E-state index contributed by atoms with van der Waals surface area (Å²) < 4.78 is 129. The zero-order valence-electron chi connectivity index (χ0n) is 18.9. The minimum Gasteiger partial charge on any atom is -0.251 e. The van der Waals surface area contributed by atoms with Crippen molar-refractivity contribution in [3.8, 4) is 0 Å². The molecule has 2 aromatic rings. The lowest BCUT2D eigenvalue weighted by molar-refractivity contribution is -0.140. The Bertz CT molecular complexity index is 1050. The SMILES string of the molecule is C=CC[C@@H](c1cc(F)cc(C(F)(F)C(F)F)c1)c1ccc(F)c(C(F)(F)F)c1.CC(C)(C)S(N)=O. The minimum atomic E-state index is -5.02. The van der Waals surface area contributed by atoms with E-state index in [1.54, 1.807) is 0 Å². The van der Waals surface area contributed by atoms with Crippen LogP contribution in [0.2, 0.25) is 0 Å². The smallest absolute Gasteiger partial charge is 0.251 e. The van der Waals surface area contributed by atoms with Crippen LogP contribution in [0.15, 0.2) is 49.1 Å². The molecule has 1 unspecified atom stereocenters. The molecule has 12 heteroatoms. The highest BCUT2D eigenvalue weighted by molar-refractivity contribution is 7.84. The number of hydrogen-bond donors (Lipinski definition) is 1. The molecule has 196 valence electrons. The third-order valence-electron chi connectivity index (χ3n) is 4.69. The molecule has 0 aromatic heterocycles. The van der Waals surface area contributed by atoms with E-state index < -0.39 is 58.2 Å². The van der Waals surface area contributed by atoms with Crippen LogP contribution < -0.4 is 5.14 Å². The van der Waals surface area contributed by atoms with Crippen molar-refractivity contribution in [2.45, 2.75) is 56.4 Å². The summed E-state index contributed by atoms with van der Waals surface area (Å²) in [6.45, 7) is 8.91. The van der Waals surface area contributed by atoms with Gasteiger partial charge in [-0.3, -0.25) is 5.14 Å². The van der Waals surface area contributed by atoms with E-state index in [1.807, 2.05) is 20.8 Å². The largest absolute Gasteiger partial charge is 0.419 e. The van der Waals surface area contributed by atoms with E-state index in [1.165, 1.54) is 6.08 Å². The first-order valence-electron chi connectivity index (χ1n) is 9.93. The quantitative estimate of drug-likeness (QED) is 0.304. The van der Waals surface area contributed by atoms with Gasteiger partial charge < -0.3 is 0 Å². The Morgan fingerprint density at radius 1 is 0.971 bits per heavy atom. The van der Waals surface area contributed by atoms with Crippen LogP contribution in [0, 0.1) is 11.6 Å². The van der Waals surface area contributed by atoms with E-state index in [4.69, 9.17) is 5.14 Å². The maximum Gasteiger partial charge on any atom is 0.419 e. The normalized spacial score (nSPS) is 14.2. The molecule has 2 nitrogen and oxygen atoms in total. The summed E-state index contributed by atoms with van der Waals surface area (Å²) in [4.78, 5) is 0. The summed E-state index contributed by atoms with van der Waals surface area (Å²) in [5, 5.41) is 5.04. The van der Waals surface area contributed by atoms with E-state index in [-0.39, 0.29) is 28.4 Å². The van der Waals surface area contributed by atoms with Crippen molar-refractivity contribution in [2.75, 3.05) is 0 Å². The van der Waals surface area contributed by atoms with Crippen LogP contribution in [0.1, 0.15) is 55.4 Å². The highest BCUT2D eigenvalue weighted by Crippen LogP contribution is 2.39. The van der Waals surface area contributed by atoms with Crippen molar-refractivity contribution in [2.24, 2.45) is 5.14 Å². The van der Waals surface area contributed by atoms with Crippen LogP contribution in [0.4, 0.5) is 39.5 Å². The number of allylic oxidation sites excluding steroid dienone is 1. The Hall–Kier alpha value is -2.34. The van der Waals surface area contributed by atoms with Gasteiger partial charge in [0.05, 0.1) is 21.3 Å². The number of nitrogens with two attached hydrogens (primary N) is 1. The van der Waals surface area contributed by atoms with Gasteiger partial charge in [-0.1, -0.05) is 12.1 Å². The highest BCUT2D eigenvalue weighted by atomic mass is 32.2. The molecule has 0 aliphatic carbocycles. The van der Waals surface area contributed by atoms with Crippen molar-refractivity contribution in [3.05, 3.63) is 82.9 Å². The average molecular weight is 534 g/mol. The van der Waals surface area contributed by atoms with Crippen LogP contribution >= 0.6 is 0 Å². The van der Waals surface area contributed by atoms with Crippen LogP contribution in [0.5, 0.6) is 0 Å². The summed E-state index contributed by atoms with van der Waals surface area (Å²) in [7, 11) is -1.18. The standard InChI is InChI=1S/C19H13F9.C4H11NOS/c1-2-3-14(10-4-5-16(21)15(8-10)19(26,27)28)11-6-12(9-13(20)7-11)18(24,25)17(22)23;1-4(2,3)7(5)6/h2,4-9,14,17H,1,3H2;5H2,1-3H3/t14-;/m1./s1. The number of rotatable bonds is 6. The van der Waals surface area contributed by atoms with Gasteiger partial charge in [-0.05, 0) is 68.7 Å². The van der Waals surface area contributed by atoms with Crippen molar-refractivity contribution in [1.82, 2.24) is 0 Å². The van der Waals surface area contributed by atoms with Gasteiger partial charge in [0.2, 0.25) is 0 Å². The fourth-order valence-corrected chi connectivity index (χ4v) is 2.74. The predicted octanol–water partition coefficient (Wildman–Crippen LogP) is 7.46. The molecular weight excluding hydrogens is 509 g/mol. The topological polar surface area (TPSA) is 43.1 Å². The van der Waals surface area contributed by atoms with Crippen molar-refractivity contribution in [1.29, 1.82) is 0 Å². The molecule has 2 rings (SSSR count). The Labute approximate surface area is 199 Å². The number of alkyl halides is 7. The molecule has 0 heterocycles. The first-order chi connectivity index (χ1) is 15.8. The zero-order valence-corrected chi connectivity index (χ0v) is 19.7. The lowest BCUT2D eigenvalue weighted by Gasteiger charge is -2.21. The molecule has 2 aromatic carbocycles. The molecule has 0 radical (unpaired) electrons. The fraction of sp³-hybridized carbons (Fsp3) is 0.391. The maximum absolute atomic E-state index is 13.8. The van der Waals surface area contributed by atoms with Gasteiger partial charge in [-0.2, -0.15) is 22.0 Å². The second-order valence-corrected chi connectivity index (χ2v) is 10.2. The van der Waals surface area contributed by atoms with Crippen molar-refractivity contribution >= 4 is 11.0 Å². The van der Waals surface area contributed by atoms with E-state index in [0.717, 1.165) is 12.1 Å². The fourth-order valence-electron chi connectivity index (χ4n) is 2.74. The van der Waals surface area contributed by atoms with Crippen LogP contribution in [0.3, 0.4) is 0 Å². The van der Waals surface area contributed by atoms with Crippen LogP contribution in [-0.2, 0) is 23.1 Å². The molecule has 0 aliphatic heterocycles. The van der Waals surface area contributed by atoms with E-state index in [9.17, 15) is 43.7 Å². The molecular formula is C23H24F9NOS. The van der Waals surface area contributed by atoms with Crippen LogP contribution in [-0.4, -0.2) is 15.4 Å². The number of benzene rings is 2. The van der Waals surface area contributed by atoms with E-state index in [2.05, 4.69) is 6.58 Å². The van der Waals surface area contributed by atoms with Gasteiger partial charge in [0.25, 0.3) is 0 Å². The monoisotopic (exact) mass is 533 g/mol. The Balaban J connectivity index is 0.000000762. The van der Waals surface area contributed by atoms with Gasteiger partial charge in [-0.15, -0.1) is 6.58 Å².